The summed E-state index contributed by atoms with van der Waals surface area (Å²) in [5.74, 6) is 0.984. The van der Waals surface area contributed by atoms with E-state index in [4.69, 9.17) is 4.74 Å². The largest absolute Gasteiger partial charge is 0.495 e. The van der Waals surface area contributed by atoms with Crippen molar-refractivity contribution in [1.29, 1.82) is 0 Å². The quantitative estimate of drug-likeness (QED) is 0.872. The molecule has 2 rings (SSSR count). The number of rotatable bonds is 5. The van der Waals surface area contributed by atoms with E-state index in [2.05, 4.69) is 40.2 Å². The molecule has 4 heteroatoms. The minimum Gasteiger partial charge on any atom is -0.495 e. The third-order valence-corrected chi connectivity index (χ3v) is 3.79. The molecule has 1 fully saturated rings. The van der Waals surface area contributed by atoms with E-state index in [-0.39, 0.29) is 0 Å². The average molecular weight is 263 g/mol. The maximum absolute atomic E-state index is 5.56. The molecule has 1 saturated heterocycles. The number of nitrogens with zero attached hydrogens (tertiary/aromatic N) is 2. The van der Waals surface area contributed by atoms with E-state index in [1.54, 1.807) is 7.11 Å². The normalized spacial score (nSPS) is 16.7. The minimum absolute atomic E-state index is 0.875. The van der Waals surface area contributed by atoms with Crippen molar-refractivity contribution >= 4 is 5.69 Å². The first-order valence-electron chi connectivity index (χ1n) is 7.07. The zero-order valence-electron chi connectivity index (χ0n) is 12.3. The van der Waals surface area contributed by atoms with Crippen LogP contribution >= 0.6 is 0 Å². The van der Waals surface area contributed by atoms with Gasteiger partial charge in [-0.05, 0) is 31.3 Å². The first-order chi connectivity index (χ1) is 9.28. The van der Waals surface area contributed by atoms with Crippen molar-refractivity contribution in [2.45, 2.75) is 13.5 Å². The predicted molar refractivity (Wildman–Crippen MR) is 80.1 cm³/mol. The van der Waals surface area contributed by atoms with Gasteiger partial charge in [0.15, 0.2) is 0 Å². The average Bonchev–Trinajstić information content (AvgIpc) is 2.47. The third kappa shape index (κ3) is 3.39. The highest BCUT2D eigenvalue weighted by atomic mass is 16.5. The molecular formula is C15H25N3O. The number of anilines is 1. The lowest BCUT2D eigenvalue weighted by atomic mass is 10.1. The van der Waals surface area contributed by atoms with Crippen LogP contribution in [0, 0.1) is 0 Å². The molecule has 1 N–H and O–H groups in total. The van der Waals surface area contributed by atoms with Gasteiger partial charge in [0.05, 0.1) is 12.8 Å². The molecule has 0 spiro atoms. The second kappa shape index (κ2) is 6.78. The number of ether oxygens (including phenoxy) is 1. The van der Waals surface area contributed by atoms with E-state index in [9.17, 15) is 0 Å². The molecule has 0 bridgehead atoms. The number of methoxy groups -OCH3 is 1. The van der Waals surface area contributed by atoms with Gasteiger partial charge in [0.2, 0.25) is 0 Å². The van der Waals surface area contributed by atoms with Crippen LogP contribution in [0.1, 0.15) is 12.5 Å². The SMILES string of the molecule is CCN1CCN(c2ccc(CNC)cc2OC)CC1. The van der Waals surface area contributed by atoms with Crippen molar-refractivity contribution in [2.24, 2.45) is 0 Å². The first kappa shape index (κ1) is 14.2. The molecule has 1 aromatic rings. The summed E-state index contributed by atoms with van der Waals surface area (Å²) in [7, 11) is 3.72. The fourth-order valence-corrected chi connectivity index (χ4v) is 2.60. The molecule has 0 atom stereocenters. The standard InChI is InChI=1S/C15H25N3O/c1-4-17-7-9-18(10-8-17)14-6-5-13(12-16-2)11-15(14)19-3/h5-6,11,16H,4,7-10,12H2,1-3H3. The second-order valence-corrected chi connectivity index (χ2v) is 4.96. The van der Waals surface area contributed by atoms with E-state index in [0.29, 0.717) is 0 Å². The summed E-state index contributed by atoms with van der Waals surface area (Å²) in [6.07, 6.45) is 0. The van der Waals surface area contributed by atoms with E-state index >= 15 is 0 Å². The topological polar surface area (TPSA) is 27.7 Å². The summed E-state index contributed by atoms with van der Waals surface area (Å²) in [5.41, 5.74) is 2.48. The van der Waals surface area contributed by atoms with E-state index in [1.165, 1.54) is 11.3 Å². The summed E-state index contributed by atoms with van der Waals surface area (Å²) in [4.78, 5) is 4.91. The monoisotopic (exact) mass is 263 g/mol. The van der Waals surface area contributed by atoms with Crippen LogP contribution < -0.4 is 15.0 Å². The van der Waals surface area contributed by atoms with Crippen LogP contribution in [0.25, 0.3) is 0 Å². The maximum atomic E-state index is 5.56. The summed E-state index contributed by atoms with van der Waals surface area (Å²) >= 11 is 0. The Kier molecular flexibility index (Phi) is 5.05. The van der Waals surface area contributed by atoms with Gasteiger partial charge < -0.3 is 19.9 Å². The van der Waals surface area contributed by atoms with Gasteiger partial charge in [0.25, 0.3) is 0 Å². The molecular weight excluding hydrogens is 238 g/mol. The predicted octanol–water partition coefficient (Wildman–Crippen LogP) is 1.56. The molecule has 19 heavy (non-hydrogen) atoms. The summed E-state index contributed by atoms with van der Waals surface area (Å²) in [6, 6.07) is 6.51. The summed E-state index contributed by atoms with van der Waals surface area (Å²) < 4.78 is 5.56. The van der Waals surface area contributed by atoms with Crippen molar-refractivity contribution < 1.29 is 4.74 Å². The Labute approximate surface area is 116 Å². The Bertz CT molecular complexity index is 400. The fraction of sp³-hybridized carbons (Fsp3) is 0.600. The lowest BCUT2D eigenvalue weighted by molar-refractivity contribution is 0.270. The van der Waals surface area contributed by atoms with Gasteiger partial charge in [0.1, 0.15) is 5.75 Å². The van der Waals surface area contributed by atoms with E-state index < -0.39 is 0 Å². The summed E-state index contributed by atoms with van der Waals surface area (Å²) in [6.45, 7) is 8.68. The van der Waals surface area contributed by atoms with Crippen LogP contribution in [0.2, 0.25) is 0 Å². The highest BCUT2D eigenvalue weighted by molar-refractivity contribution is 5.60. The maximum Gasteiger partial charge on any atom is 0.142 e. The van der Waals surface area contributed by atoms with Crippen molar-refractivity contribution in [3.8, 4) is 5.75 Å². The molecule has 106 valence electrons. The van der Waals surface area contributed by atoms with Gasteiger partial charge in [-0.15, -0.1) is 0 Å². The lowest BCUT2D eigenvalue weighted by Gasteiger charge is -2.36. The number of hydrogen-bond donors (Lipinski definition) is 1. The number of hydrogen-bond acceptors (Lipinski definition) is 4. The molecule has 0 aromatic heterocycles. The first-order valence-corrected chi connectivity index (χ1v) is 7.07. The Morgan fingerprint density at radius 3 is 2.53 bits per heavy atom. The molecule has 1 heterocycles. The molecule has 0 radical (unpaired) electrons. The van der Waals surface area contributed by atoms with Crippen molar-refractivity contribution in [2.75, 3.05) is 51.8 Å². The van der Waals surface area contributed by atoms with Crippen LogP contribution in [-0.4, -0.2) is 51.8 Å². The van der Waals surface area contributed by atoms with Crippen LogP contribution in [-0.2, 0) is 6.54 Å². The van der Waals surface area contributed by atoms with Gasteiger partial charge in [-0.3, -0.25) is 0 Å². The van der Waals surface area contributed by atoms with Crippen molar-refractivity contribution in [3.63, 3.8) is 0 Å². The van der Waals surface area contributed by atoms with Crippen LogP contribution in [0.5, 0.6) is 5.75 Å². The zero-order chi connectivity index (χ0) is 13.7. The Balaban J connectivity index is 2.11. The number of benzene rings is 1. The number of likely N-dealkylation sites (N-methyl/N-ethyl adjacent to an activating group) is 1. The second-order valence-electron chi connectivity index (χ2n) is 4.96. The minimum atomic E-state index is 0.875. The molecule has 1 aromatic carbocycles. The molecule has 0 aliphatic carbocycles. The molecule has 0 amide bonds. The molecule has 4 nitrogen and oxygen atoms in total. The van der Waals surface area contributed by atoms with Crippen molar-refractivity contribution in [3.05, 3.63) is 23.8 Å². The van der Waals surface area contributed by atoms with Gasteiger partial charge in [0, 0.05) is 32.7 Å². The van der Waals surface area contributed by atoms with E-state index in [1.807, 2.05) is 7.05 Å². The molecule has 1 aliphatic rings. The molecule has 0 saturated carbocycles. The smallest absolute Gasteiger partial charge is 0.142 e. The molecule has 1 aliphatic heterocycles. The number of piperazine rings is 1. The van der Waals surface area contributed by atoms with Crippen LogP contribution in [0.15, 0.2) is 18.2 Å². The third-order valence-electron chi connectivity index (χ3n) is 3.79. The van der Waals surface area contributed by atoms with Crippen molar-refractivity contribution in [1.82, 2.24) is 10.2 Å². The zero-order valence-corrected chi connectivity index (χ0v) is 12.3. The Morgan fingerprint density at radius 2 is 1.95 bits per heavy atom. The fourth-order valence-electron chi connectivity index (χ4n) is 2.60. The Hall–Kier alpha value is -1.26. The lowest BCUT2D eigenvalue weighted by Crippen LogP contribution is -2.46. The van der Waals surface area contributed by atoms with E-state index in [0.717, 1.165) is 45.0 Å². The van der Waals surface area contributed by atoms with Gasteiger partial charge in [-0.25, -0.2) is 0 Å². The highest BCUT2D eigenvalue weighted by Crippen LogP contribution is 2.30. The van der Waals surface area contributed by atoms with Crippen LogP contribution in [0.4, 0.5) is 5.69 Å². The van der Waals surface area contributed by atoms with Gasteiger partial charge in [-0.2, -0.15) is 0 Å². The van der Waals surface area contributed by atoms with Gasteiger partial charge in [-0.1, -0.05) is 13.0 Å². The highest BCUT2D eigenvalue weighted by Gasteiger charge is 2.18. The number of nitrogens with one attached hydrogen (secondary N) is 1. The molecule has 0 unspecified atom stereocenters. The summed E-state index contributed by atoms with van der Waals surface area (Å²) in [5, 5.41) is 3.17. The van der Waals surface area contributed by atoms with Gasteiger partial charge >= 0.3 is 0 Å². The van der Waals surface area contributed by atoms with Crippen LogP contribution in [0.3, 0.4) is 0 Å². The Morgan fingerprint density at radius 1 is 1.21 bits per heavy atom.